The Morgan fingerprint density at radius 1 is 0.920 bits per heavy atom. The van der Waals surface area contributed by atoms with Gasteiger partial charge in [0.2, 0.25) is 5.91 Å². The summed E-state index contributed by atoms with van der Waals surface area (Å²) in [6, 6.07) is 18.7. The van der Waals surface area contributed by atoms with Gasteiger partial charge in [-0.15, -0.1) is 0 Å². The van der Waals surface area contributed by atoms with Gasteiger partial charge < -0.3 is 10.1 Å². The summed E-state index contributed by atoms with van der Waals surface area (Å²) in [4.78, 5) is 24.4. The fraction of sp³-hybridized carbons (Fsp3) is 0.143. The summed E-state index contributed by atoms with van der Waals surface area (Å²) in [6.07, 6.45) is 4.39. The molecule has 0 aliphatic rings. The molecule has 0 saturated carbocycles. The van der Waals surface area contributed by atoms with E-state index >= 15 is 0 Å². The van der Waals surface area contributed by atoms with Crippen molar-refractivity contribution in [2.45, 2.75) is 20.0 Å². The van der Waals surface area contributed by atoms with Crippen LogP contribution in [0.15, 0.2) is 72.4 Å². The van der Waals surface area contributed by atoms with Gasteiger partial charge in [0.05, 0.1) is 6.10 Å². The summed E-state index contributed by atoms with van der Waals surface area (Å²) >= 11 is 0. The molecule has 0 fully saturated rings. The highest BCUT2D eigenvalue weighted by Gasteiger charge is 2.15. The van der Waals surface area contributed by atoms with Crippen LogP contribution in [0.4, 0.5) is 0 Å². The number of amides is 1. The van der Waals surface area contributed by atoms with E-state index in [0.717, 1.165) is 11.1 Å². The van der Waals surface area contributed by atoms with Crippen LogP contribution in [0.2, 0.25) is 0 Å². The fourth-order valence-corrected chi connectivity index (χ4v) is 2.05. The van der Waals surface area contributed by atoms with Gasteiger partial charge in [-0.1, -0.05) is 60.7 Å². The Morgan fingerprint density at radius 3 is 2.04 bits per heavy atom. The maximum atomic E-state index is 12.2. The maximum Gasteiger partial charge on any atom is 0.355 e. The van der Waals surface area contributed by atoms with Gasteiger partial charge in [0.1, 0.15) is 5.70 Å². The van der Waals surface area contributed by atoms with E-state index in [4.69, 9.17) is 4.74 Å². The molecule has 25 heavy (non-hydrogen) atoms. The molecule has 2 aromatic carbocycles. The molecule has 0 aromatic heterocycles. The molecule has 1 amide bonds. The van der Waals surface area contributed by atoms with Crippen LogP contribution >= 0.6 is 0 Å². The van der Waals surface area contributed by atoms with Crippen molar-refractivity contribution in [2.24, 2.45) is 0 Å². The summed E-state index contributed by atoms with van der Waals surface area (Å²) in [5, 5.41) is 2.60. The lowest BCUT2D eigenvalue weighted by Gasteiger charge is -2.11. The fourth-order valence-electron chi connectivity index (χ4n) is 2.05. The quantitative estimate of drug-likeness (QED) is 0.645. The average molecular weight is 335 g/mol. The largest absolute Gasteiger partial charge is 0.458 e. The first-order chi connectivity index (χ1) is 12.0. The number of rotatable bonds is 6. The predicted octanol–water partition coefficient (Wildman–Crippen LogP) is 3.81. The zero-order valence-corrected chi connectivity index (χ0v) is 14.3. The van der Waals surface area contributed by atoms with Gasteiger partial charge >= 0.3 is 5.97 Å². The SMILES string of the molecule is CC(C)OC(=O)C(=Cc1ccccc1)NC(=O)C=Cc1ccccc1. The van der Waals surface area contributed by atoms with Gasteiger partial charge in [0.15, 0.2) is 0 Å². The minimum atomic E-state index is -0.569. The van der Waals surface area contributed by atoms with Gasteiger partial charge in [0, 0.05) is 6.08 Å². The lowest BCUT2D eigenvalue weighted by molar-refractivity contribution is -0.143. The zero-order chi connectivity index (χ0) is 18.1. The van der Waals surface area contributed by atoms with Crippen molar-refractivity contribution in [3.05, 3.63) is 83.6 Å². The van der Waals surface area contributed by atoms with Gasteiger partial charge in [-0.3, -0.25) is 4.79 Å². The van der Waals surface area contributed by atoms with E-state index in [1.54, 1.807) is 26.0 Å². The minimum absolute atomic E-state index is 0.0996. The van der Waals surface area contributed by atoms with E-state index < -0.39 is 11.9 Å². The van der Waals surface area contributed by atoms with Gasteiger partial charge in [-0.25, -0.2) is 4.79 Å². The predicted molar refractivity (Wildman–Crippen MR) is 99.3 cm³/mol. The molecule has 0 bridgehead atoms. The van der Waals surface area contributed by atoms with Crippen molar-refractivity contribution in [1.82, 2.24) is 5.32 Å². The number of carbonyl (C=O) groups is 2. The molecule has 0 aliphatic carbocycles. The standard InChI is InChI=1S/C21H21NO3/c1-16(2)25-21(24)19(15-18-11-7-4-8-12-18)22-20(23)14-13-17-9-5-3-6-10-17/h3-16H,1-2H3,(H,22,23). The highest BCUT2D eigenvalue weighted by Crippen LogP contribution is 2.08. The summed E-state index contributed by atoms with van der Waals surface area (Å²) in [5.41, 5.74) is 1.80. The molecule has 2 aromatic rings. The molecular weight excluding hydrogens is 314 g/mol. The first-order valence-electron chi connectivity index (χ1n) is 8.06. The number of benzene rings is 2. The van der Waals surface area contributed by atoms with E-state index in [-0.39, 0.29) is 11.8 Å². The Kier molecular flexibility index (Phi) is 6.72. The van der Waals surface area contributed by atoms with E-state index in [1.165, 1.54) is 6.08 Å². The van der Waals surface area contributed by atoms with Crippen LogP contribution in [0.1, 0.15) is 25.0 Å². The minimum Gasteiger partial charge on any atom is -0.458 e. The molecule has 0 heterocycles. The number of hydrogen-bond donors (Lipinski definition) is 1. The molecule has 0 unspecified atom stereocenters. The first kappa shape index (κ1) is 18.2. The number of ether oxygens (including phenoxy) is 1. The van der Waals surface area contributed by atoms with E-state index in [2.05, 4.69) is 5.32 Å². The van der Waals surface area contributed by atoms with Crippen molar-refractivity contribution in [2.75, 3.05) is 0 Å². The van der Waals surface area contributed by atoms with Crippen LogP contribution in [0, 0.1) is 0 Å². The molecule has 4 nitrogen and oxygen atoms in total. The van der Waals surface area contributed by atoms with Crippen molar-refractivity contribution in [3.63, 3.8) is 0 Å². The van der Waals surface area contributed by atoms with E-state index in [0.29, 0.717) is 0 Å². The monoisotopic (exact) mass is 335 g/mol. The van der Waals surface area contributed by atoms with Crippen LogP contribution in [-0.4, -0.2) is 18.0 Å². The third-order valence-corrected chi connectivity index (χ3v) is 3.16. The van der Waals surface area contributed by atoms with Crippen LogP contribution in [-0.2, 0) is 14.3 Å². The molecule has 2 rings (SSSR count). The topological polar surface area (TPSA) is 55.4 Å². The molecular formula is C21H21NO3. The second-order valence-electron chi connectivity index (χ2n) is 5.66. The second-order valence-corrected chi connectivity index (χ2v) is 5.66. The van der Waals surface area contributed by atoms with Gasteiger partial charge in [-0.2, -0.15) is 0 Å². The Hall–Kier alpha value is -3.14. The Bertz CT molecular complexity index is 762. The number of nitrogens with one attached hydrogen (secondary N) is 1. The maximum absolute atomic E-state index is 12.2. The van der Waals surface area contributed by atoms with Crippen molar-refractivity contribution in [3.8, 4) is 0 Å². The average Bonchev–Trinajstić information content (AvgIpc) is 2.60. The van der Waals surface area contributed by atoms with Gasteiger partial charge in [-0.05, 0) is 37.1 Å². The highest BCUT2D eigenvalue weighted by molar-refractivity contribution is 6.02. The summed E-state index contributed by atoms with van der Waals surface area (Å²) in [5.74, 6) is -0.966. The van der Waals surface area contributed by atoms with Crippen LogP contribution < -0.4 is 5.32 Å². The highest BCUT2D eigenvalue weighted by atomic mass is 16.5. The molecule has 0 spiro atoms. The molecule has 0 atom stereocenters. The molecule has 4 heteroatoms. The van der Waals surface area contributed by atoms with Crippen molar-refractivity contribution in [1.29, 1.82) is 0 Å². The smallest absolute Gasteiger partial charge is 0.355 e. The Balaban J connectivity index is 2.15. The Morgan fingerprint density at radius 2 is 1.48 bits per heavy atom. The molecule has 0 saturated heterocycles. The second kappa shape index (κ2) is 9.23. The molecule has 1 N–H and O–H groups in total. The van der Waals surface area contributed by atoms with Crippen LogP contribution in [0.25, 0.3) is 12.2 Å². The van der Waals surface area contributed by atoms with E-state index in [9.17, 15) is 9.59 Å². The molecule has 0 aliphatic heterocycles. The van der Waals surface area contributed by atoms with Crippen LogP contribution in [0.5, 0.6) is 0 Å². The number of carbonyl (C=O) groups excluding carboxylic acids is 2. The lowest BCUT2D eigenvalue weighted by atomic mass is 10.2. The third-order valence-electron chi connectivity index (χ3n) is 3.16. The van der Waals surface area contributed by atoms with Gasteiger partial charge in [0.25, 0.3) is 0 Å². The summed E-state index contributed by atoms with van der Waals surface area (Å²) < 4.78 is 5.20. The summed E-state index contributed by atoms with van der Waals surface area (Å²) in [6.45, 7) is 3.52. The molecule has 128 valence electrons. The van der Waals surface area contributed by atoms with Crippen LogP contribution in [0.3, 0.4) is 0 Å². The molecule has 0 radical (unpaired) electrons. The summed E-state index contributed by atoms with van der Waals surface area (Å²) in [7, 11) is 0. The number of esters is 1. The van der Waals surface area contributed by atoms with Crippen molar-refractivity contribution >= 4 is 24.0 Å². The third kappa shape index (κ3) is 6.47. The first-order valence-corrected chi connectivity index (χ1v) is 8.06. The van der Waals surface area contributed by atoms with Crippen molar-refractivity contribution < 1.29 is 14.3 Å². The normalized spacial score (nSPS) is 11.6. The Labute approximate surface area is 147 Å². The zero-order valence-electron chi connectivity index (χ0n) is 14.3. The lowest BCUT2D eigenvalue weighted by Crippen LogP contribution is -2.28. The van der Waals surface area contributed by atoms with E-state index in [1.807, 2.05) is 60.7 Å². The number of hydrogen-bond acceptors (Lipinski definition) is 3.